The van der Waals surface area contributed by atoms with Gasteiger partial charge in [-0.1, -0.05) is 0 Å². The molecule has 2 heterocycles. The number of aliphatic hydroxyl groups is 1. The average Bonchev–Trinajstić information content (AvgIpc) is 2.72. The topological polar surface area (TPSA) is 127 Å². The number of hydroxylamine groups is 1. The van der Waals surface area contributed by atoms with Crippen molar-refractivity contribution < 1.29 is 25.1 Å². The molecule has 0 unspecified atom stereocenters. The van der Waals surface area contributed by atoms with Crippen LogP contribution in [0.5, 0.6) is 0 Å². The SMILES string of the molecule is CC1=[N+]([O-])[C@]2([NH3+])CCc3c(no[n+]3[O-])[C@]2(O)C1. The van der Waals surface area contributed by atoms with Gasteiger partial charge in [-0.3, -0.25) is 10.4 Å². The van der Waals surface area contributed by atoms with Gasteiger partial charge in [-0.05, 0) is 4.90 Å². The number of hydrogen-bond donors (Lipinski definition) is 2. The molecule has 0 saturated carbocycles. The van der Waals surface area contributed by atoms with Crippen molar-refractivity contribution >= 4 is 5.71 Å². The molecule has 8 nitrogen and oxygen atoms in total. The molecule has 0 aromatic carbocycles. The highest BCUT2D eigenvalue weighted by Crippen LogP contribution is 2.44. The summed E-state index contributed by atoms with van der Waals surface area (Å²) in [6.07, 6.45) is 0.737. The first kappa shape index (κ1) is 10.5. The van der Waals surface area contributed by atoms with Gasteiger partial charge in [0.1, 0.15) is 0 Å². The van der Waals surface area contributed by atoms with Gasteiger partial charge in [0.05, 0.1) is 12.8 Å². The second-order valence-electron chi connectivity index (χ2n) is 4.82. The van der Waals surface area contributed by atoms with Gasteiger partial charge >= 0.3 is 5.66 Å². The van der Waals surface area contributed by atoms with E-state index >= 15 is 0 Å². The summed E-state index contributed by atoms with van der Waals surface area (Å²) in [4.78, 5) is 0.287. The lowest BCUT2D eigenvalue weighted by Gasteiger charge is -2.32. The van der Waals surface area contributed by atoms with Crippen molar-refractivity contribution in [3.8, 4) is 0 Å². The normalized spacial score (nSPS) is 35.9. The summed E-state index contributed by atoms with van der Waals surface area (Å²) >= 11 is 0. The molecule has 2 aliphatic rings. The fourth-order valence-electron chi connectivity index (χ4n) is 2.87. The van der Waals surface area contributed by atoms with Crippen LogP contribution in [0.2, 0.25) is 0 Å². The van der Waals surface area contributed by atoms with Gasteiger partial charge in [0, 0.05) is 18.5 Å². The Morgan fingerprint density at radius 3 is 2.94 bits per heavy atom. The predicted octanol–water partition coefficient (Wildman–Crippen LogP) is -2.25. The maximum Gasteiger partial charge on any atom is 0.332 e. The Kier molecular flexibility index (Phi) is 1.71. The van der Waals surface area contributed by atoms with E-state index in [1.54, 1.807) is 6.92 Å². The molecule has 1 aliphatic carbocycles. The number of hydrogen-bond acceptors (Lipinski definition) is 5. The van der Waals surface area contributed by atoms with Crippen LogP contribution in [0.3, 0.4) is 0 Å². The third kappa shape index (κ3) is 0.973. The van der Waals surface area contributed by atoms with Crippen molar-refractivity contribution in [2.45, 2.75) is 37.5 Å². The quantitative estimate of drug-likeness (QED) is 0.392. The molecule has 2 atom stereocenters. The Bertz CT molecular complexity index is 539. The van der Waals surface area contributed by atoms with E-state index in [0.29, 0.717) is 18.6 Å². The third-order valence-electron chi connectivity index (χ3n) is 3.88. The Balaban J connectivity index is 2.23. The summed E-state index contributed by atoms with van der Waals surface area (Å²) < 4.78 is 5.24. The first-order chi connectivity index (χ1) is 7.90. The van der Waals surface area contributed by atoms with E-state index in [2.05, 4.69) is 15.5 Å². The van der Waals surface area contributed by atoms with Crippen LogP contribution in [0.1, 0.15) is 31.2 Å². The Morgan fingerprint density at radius 1 is 1.53 bits per heavy atom. The molecule has 0 fully saturated rings. The number of aromatic nitrogens is 2. The van der Waals surface area contributed by atoms with Crippen molar-refractivity contribution in [1.82, 2.24) is 5.16 Å². The van der Waals surface area contributed by atoms with Gasteiger partial charge < -0.3 is 15.5 Å². The molecule has 17 heavy (non-hydrogen) atoms. The molecule has 0 bridgehead atoms. The summed E-state index contributed by atoms with van der Waals surface area (Å²) in [5, 5.41) is 37.6. The molecule has 4 N–H and O–H groups in total. The molecule has 0 saturated heterocycles. The minimum Gasteiger partial charge on any atom is -0.619 e. The zero-order valence-corrected chi connectivity index (χ0v) is 9.34. The van der Waals surface area contributed by atoms with E-state index in [4.69, 9.17) is 0 Å². The number of rotatable bonds is 0. The summed E-state index contributed by atoms with van der Waals surface area (Å²) in [5.74, 6) is 0. The number of fused-ring (bicyclic) bond motifs is 3. The molecule has 0 radical (unpaired) electrons. The molecule has 1 aromatic heterocycles. The van der Waals surface area contributed by atoms with Gasteiger partial charge in [0.25, 0.3) is 11.3 Å². The number of nitrogens with zero attached hydrogens (tertiary/aromatic N) is 3. The highest BCUT2D eigenvalue weighted by molar-refractivity contribution is 5.80. The lowest BCUT2D eigenvalue weighted by molar-refractivity contribution is -0.810. The largest absolute Gasteiger partial charge is 0.619 e. The average molecular weight is 241 g/mol. The first-order valence-electron chi connectivity index (χ1n) is 5.37. The lowest BCUT2D eigenvalue weighted by atomic mass is 9.76. The van der Waals surface area contributed by atoms with E-state index in [1.165, 1.54) is 0 Å². The van der Waals surface area contributed by atoms with Crippen LogP contribution in [0, 0.1) is 10.4 Å². The molecular weight excluding hydrogens is 228 g/mol. The van der Waals surface area contributed by atoms with E-state index < -0.39 is 11.3 Å². The van der Waals surface area contributed by atoms with Crippen LogP contribution in [0.25, 0.3) is 0 Å². The van der Waals surface area contributed by atoms with E-state index in [9.17, 15) is 15.5 Å². The van der Waals surface area contributed by atoms with Crippen LogP contribution in [0.4, 0.5) is 0 Å². The zero-order chi connectivity index (χ0) is 12.4. The molecule has 8 heteroatoms. The van der Waals surface area contributed by atoms with Gasteiger partial charge in [0.15, 0.2) is 5.71 Å². The molecule has 0 amide bonds. The Labute approximate surface area is 96.1 Å². The monoisotopic (exact) mass is 241 g/mol. The predicted molar refractivity (Wildman–Crippen MR) is 52.2 cm³/mol. The maximum atomic E-state index is 12.0. The van der Waals surface area contributed by atoms with E-state index in [0.717, 1.165) is 4.74 Å². The van der Waals surface area contributed by atoms with Crippen LogP contribution >= 0.6 is 0 Å². The standard InChI is InChI=1S/C9H12N4O4/c1-5-4-8(14)7-6(13(16)17-11-7)2-3-9(8,10)12(5)15/h14H,2-4,10H2,1H3/p+1/t8-,9-/m1/s1. The fraction of sp³-hybridized carbons (Fsp3) is 0.667. The summed E-state index contributed by atoms with van der Waals surface area (Å²) in [7, 11) is 0. The van der Waals surface area contributed by atoms with Crippen LogP contribution in [0.15, 0.2) is 4.63 Å². The van der Waals surface area contributed by atoms with Crippen LogP contribution in [-0.4, -0.2) is 26.4 Å². The van der Waals surface area contributed by atoms with Gasteiger partial charge in [-0.2, -0.15) is 4.74 Å². The second kappa shape index (κ2) is 2.77. The smallest absolute Gasteiger partial charge is 0.332 e. The zero-order valence-electron chi connectivity index (χ0n) is 9.34. The van der Waals surface area contributed by atoms with Crippen molar-refractivity contribution in [1.29, 1.82) is 0 Å². The molecular formula is C9H13N4O4+. The fourth-order valence-corrected chi connectivity index (χ4v) is 2.87. The molecule has 3 rings (SSSR count). The van der Waals surface area contributed by atoms with Crippen molar-refractivity contribution in [2.75, 3.05) is 0 Å². The minimum atomic E-state index is -1.54. The van der Waals surface area contributed by atoms with Crippen molar-refractivity contribution in [3.63, 3.8) is 0 Å². The van der Waals surface area contributed by atoms with Crippen LogP contribution < -0.4 is 10.6 Å². The van der Waals surface area contributed by atoms with Crippen molar-refractivity contribution in [3.05, 3.63) is 21.8 Å². The lowest BCUT2D eigenvalue weighted by Crippen LogP contribution is -2.84. The minimum absolute atomic E-state index is 0.125. The summed E-state index contributed by atoms with van der Waals surface area (Å²) in [6.45, 7) is 1.64. The van der Waals surface area contributed by atoms with Crippen molar-refractivity contribution in [2.24, 2.45) is 0 Å². The second-order valence-corrected chi connectivity index (χ2v) is 4.82. The van der Waals surface area contributed by atoms with E-state index in [1.807, 2.05) is 0 Å². The highest BCUT2D eigenvalue weighted by Gasteiger charge is 2.72. The summed E-state index contributed by atoms with van der Waals surface area (Å²) in [6, 6.07) is 0. The third-order valence-corrected chi connectivity index (χ3v) is 3.88. The Hall–Kier alpha value is -1.67. The van der Waals surface area contributed by atoms with E-state index in [-0.39, 0.29) is 22.7 Å². The molecule has 92 valence electrons. The number of quaternary nitrogens is 1. The summed E-state index contributed by atoms with van der Waals surface area (Å²) in [5.41, 5.74) is 2.02. The maximum absolute atomic E-state index is 12.0. The van der Waals surface area contributed by atoms with Gasteiger partial charge in [-0.15, -0.1) is 0 Å². The van der Waals surface area contributed by atoms with Gasteiger partial charge in [-0.25, -0.2) is 0 Å². The van der Waals surface area contributed by atoms with Crippen LogP contribution in [-0.2, 0) is 12.0 Å². The first-order valence-corrected chi connectivity index (χ1v) is 5.37. The molecule has 1 aliphatic heterocycles. The highest BCUT2D eigenvalue weighted by atomic mass is 16.8. The molecule has 1 aromatic rings. The van der Waals surface area contributed by atoms with Gasteiger partial charge in [0.2, 0.25) is 5.69 Å². The Morgan fingerprint density at radius 2 is 2.24 bits per heavy atom. The molecule has 0 spiro atoms.